The lowest BCUT2D eigenvalue weighted by molar-refractivity contribution is -0.139. The van der Waals surface area contributed by atoms with E-state index in [9.17, 15) is 18.0 Å². The Morgan fingerprint density at radius 1 is 0.850 bits per heavy atom. The van der Waals surface area contributed by atoms with E-state index < -0.39 is 28.5 Å². The summed E-state index contributed by atoms with van der Waals surface area (Å²) >= 11 is 24.7. The van der Waals surface area contributed by atoms with Gasteiger partial charge in [-0.25, -0.2) is 8.42 Å². The van der Waals surface area contributed by atoms with Crippen molar-refractivity contribution < 1.29 is 18.0 Å². The summed E-state index contributed by atoms with van der Waals surface area (Å²) in [6.45, 7) is 5.24. The molecule has 1 unspecified atom stereocenters. The number of carbonyl (C=O) groups is 2. The molecule has 214 valence electrons. The van der Waals surface area contributed by atoms with Gasteiger partial charge in [0.15, 0.2) is 0 Å². The summed E-state index contributed by atoms with van der Waals surface area (Å²) in [5.41, 5.74) is 0.704. The fourth-order valence-electron chi connectivity index (χ4n) is 3.80. The molecule has 7 nitrogen and oxygen atoms in total. The fraction of sp³-hybridized carbons (Fsp3) is 0.286. The van der Waals surface area contributed by atoms with Crippen LogP contribution in [-0.2, 0) is 26.2 Å². The maximum Gasteiger partial charge on any atom is 0.264 e. The van der Waals surface area contributed by atoms with Crippen molar-refractivity contribution in [2.24, 2.45) is 5.92 Å². The topological polar surface area (TPSA) is 86.8 Å². The normalized spacial score (nSPS) is 12.2. The Morgan fingerprint density at radius 3 is 2.05 bits per heavy atom. The quantitative estimate of drug-likeness (QED) is 0.252. The van der Waals surface area contributed by atoms with Crippen molar-refractivity contribution >= 4 is 73.9 Å². The van der Waals surface area contributed by atoms with Gasteiger partial charge in [-0.1, -0.05) is 84.5 Å². The van der Waals surface area contributed by atoms with Gasteiger partial charge < -0.3 is 10.2 Å². The van der Waals surface area contributed by atoms with Crippen LogP contribution in [0.15, 0.2) is 71.6 Å². The van der Waals surface area contributed by atoms with Crippen molar-refractivity contribution in [3.63, 3.8) is 0 Å². The number of hydrogen-bond acceptors (Lipinski definition) is 4. The lowest BCUT2D eigenvalue weighted by Gasteiger charge is -2.32. The summed E-state index contributed by atoms with van der Waals surface area (Å²) in [6.07, 6.45) is 0. The van der Waals surface area contributed by atoms with Crippen LogP contribution in [0, 0.1) is 5.92 Å². The van der Waals surface area contributed by atoms with Crippen LogP contribution in [0.25, 0.3) is 0 Å². The highest BCUT2D eigenvalue weighted by molar-refractivity contribution is 7.92. The average molecular weight is 645 g/mol. The maximum absolute atomic E-state index is 13.9. The van der Waals surface area contributed by atoms with E-state index in [4.69, 9.17) is 46.4 Å². The Hall–Kier alpha value is -2.49. The van der Waals surface area contributed by atoms with Gasteiger partial charge in [-0.3, -0.25) is 13.9 Å². The summed E-state index contributed by atoms with van der Waals surface area (Å²) in [5, 5.41) is 3.84. The van der Waals surface area contributed by atoms with Crippen molar-refractivity contribution in [2.45, 2.75) is 38.3 Å². The van der Waals surface area contributed by atoms with E-state index in [0.29, 0.717) is 17.1 Å². The van der Waals surface area contributed by atoms with Gasteiger partial charge in [0.25, 0.3) is 10.0 Å². The largest absolute Gasteiger partial charge is 0.354 e. The van der Waals surface area contributed by atoms with E-state index in [1.807, 2.05) is 13.8 Å². The minimum absolute atomic E-state index is 0.0263. The monoisotopic (exact) mass is 643 g/mol. The van der Waals surface area contributed by atoms with Crippen LogP contribution in [0.5, 0.6) is 0 Å². The van der Waals surface area contributed by atoms with E-state index in [1.54, 1.807) is 43.3 Å². The molecule has 0 spiro atoms. The average Bonchev–Trinajstić information content (AvgIpc) is 2.90. The summed E-state index contributed by atoms with van der Waals surface area (Å²) in [4.78, 5) is 28.2. The van der Waals surface area contributed by atoms with Gasteiger partial charge in [0.05, 0.1) is 20.6 Å². The van der Waals surface area contributed by atoms with Crippen LogP contribution in [0.4, 0.5) is 5.69 Å². The Morgan fingerprint density at radius 2 is 1.48 bits per heavy atom. The van der Waals surface area contributed by atoms with Crippen LogP contribution >= 0.6 is 46.4 Å². The Kier molecular flexibility index (Phi) is 11.1. The number of sulfonamides is 1. The lowest BCUT2D eigenvalue weighted by Crippen LogP contribution is -2.51. The Balaban J connectivity index is 2.05. The molecular weight excluding hydrogens is 616 g/mol. The van der Waals surface area contributed by atoms with E-state index >= 15 is 0 Å². The molecule has 1 N–H and O–H groups in total. The highest BCUT2D eigenvalue weighted by Crippen LogP contribution is 2.30. The zero-order valence-electron chi connectivity index (χ0n) is 22.1. The molecule has 0 bridgehead atoms. The molecule has 40 heavy (non-hydrogen) atoms. The highest BCUT2D eigenvalue weighted by Gasteiger charge is 2.33. The SMILES string of the molecule is CC(C)CNC(=O)C(C)N(Cc1ccc(Cl)c(Cl)c1)C(=O)CN(c1cc(Cl)cc(Cl)c1)S(=O)(=O)c1ccccc1. The van der Waals surface area contributed by atoms with Gasteiger partial charge in [-0.05, 0) is 60.9 Å². The number of anilines is 1. The maximum atomic E-state index is 13.9. The van der Waals surface area contributed by atoms with Gasteiger partial charge in [-0.2, -0.15) is 0 Å². The number of benzene rings is 3. The molecule has 3 aromatic rings. The number of rotatable bonds is 11. The number of halogens is 4. The zero-order chi connectivity index (χ0) is 29.6. The Bertz CT molecular complexity index is 1450. The molecule has 3 aromatic carbocycles. The first kappa shape index (κ1) is 32.0. The van der Waals surface area contributed by atoms with Crippen LogP contribution in [0.2, 0.25) is 20.1 Å². The molecule has 1 atom stereocenters. The minimum Gasteiger partial charge on any atom is -0.354 e. The fourth-order valence-corrected chi connectivity index (χ4v) is 6.06. The molecule has 0 fully saturated rings. The number of nitrogens with zero attached hydrogens (tertiary/aromatic N) is 2. The molecular formula is C28H29Cl4N3O4S. The second-order valence-corrected chi connectivity index (χ2v) is 13.1. The molecule has 0 heterocycles. The van der Waals surface area contributed by atoms with Gasteiger partial charge in [0, 0.05) is 23.1 Å². The van der Waals surface area contributed by atoms with Crippen molar-refractivity contribution in [2.75, 3.05) is 17.4 Å². The molecule has 0 aliphatic rings. The van der Waals surface area contributed by atoms with Crippen LogP contribution in [0.3, 0.4) is 0 Å². The summed E-state index contributed by atoms with van der Waals surface area (Å²) in [7, 11) is -4.24. The number of hydrogen-bond donors (Lipinski definition) is 1. The molecule has 0 saturated heterocycles. The van der Waals surface area contributed by atoms with Crippen LogP contribution < -0.4 is 9.62 Å². The van der Waals surface area contributed by atoms with Gasteiger partial charge in [0.2, 0.25) is 11.8 Å². The van der Waals surface area contributed by atoms with Gasteiger partial charge in [-0.15, -0.1) is 0 Å². The Labute approximate surface area is 255 Å². The summed E-state index contributed by atoms with van der Waals surface area (Å²) < 4.78 is 28.5. The first-order chi connectivity index (χ1) is 18.8. The first-order valence-electron chi connectivity index (χ1n) is 12.3. The second kappa shape index (κ2) is 13.9. The van der Waals surface area contributed by atoms with Crippen LogP contribution in [0.1, 0.15) is 26.3 Å². The van der Waals surface area contributed by atoms with Gasteiger partial charge in [0.1, 0.15) is 12.6 Å². The first-order valence-corrected chi connectivity index (χ1v) is 15.3. The molecule has 12 heteroatoms. The lowest BCUT2D eigenvalue weighted by atomic mass is 10.1. The second-order valence-electron chi connectivity index (χ2n) is 9.54. The molecule has 0 aromatic heterocycles. The third kappa shape index (κ3) is 8.27. The standard InChI is InChI=1S/C28H29Cl4N3O4S/c1-18(2)15-33-28(37)19(3)34(16-20-9-10-25(31)26(32)11-20)27(36)17-35(23-13-21(29)12-22(30)14-23)40(38,39)24-7-5-4-6-8-24/h4-14,18-19H,15-17H2,1-3H3,(H,33,37). The summed E-state index contributed by atoms with van der Waals surface area (Å²) in [5.74, 6) is -0.825. The van der Waals surface area contributed by atoms with Crippen LogP contribution in [-0.4, -0.2) is 44.3 Å². The number of amides is 2. The predicted molar refractivity (Wildman–Crippen MR) is 162 cm³/mol. The molecule has 0 aliphatic carbocycles. The highest BCUT2D eigenvalue weighted by atomic mass is 35.5. The van der Waals surface area contributed by atoms with E-state index in [2.05, 4.69) is 5.32 Å². The van der Waals surface area contributed by atoms with Crippen molar-refractivity contribution in [3.8, 4) is 0 Å². The molecule has 3 rings (SSSR count). The third-order valence-corrected chi connectivity index (χ3v) is 8.90. The van der Waals surface area contributed by atoms with Crippen molar-refractivity contribution in [1.29, 1.82) is 0 Å². The molecule has 2 amide bonds. The van der Waals surface area contributed by atoms with E-state index in [1.165, 1.54) is 35.2 Å². The van der Waals surface area contributed by atoms with E-state index in [0.717, 1.165) is 4.31 Å². The van der Waals surface area contributed by atoms with Crippen molar-refractivity contribution in [1.82, 2.24) is 10.2 Å². The molecule has 0 aliphatic heterocycles. The van der Waals surface area contributed by atoms with Gasteiger partial charge >= 0.3 is 0 Å². The predicted octanol–water partition coefficient (Wildman–Crippen LogP) is 6.69. The number of nitrogens with one attached hydrogen (secondary N) is 1. The van der Waals surface area contributed by atoms with Crippen molar-refractivity contribution in [3.05, 3.63) is 92.4 Å². The zero-order valence-corrected chi connectivity index (χ0v) is 25.9. The minimum atomic E-state index is -4.24. The van der Waals surface area contributed by atoms with E-state index in [-0.39, 0.29) is 44.0 Å². The molecule has 0 radical (unpaired) electrons. The molecule has 0 saturated carbocycles. The smallest absolute Gasteiger partial charge is 0.264 e. The third-order valence-electron chi connectivity index (χ3n) is 5.93. The summed E-state index contributed by atoms with van der Waals surface area (Å²) in [6, 6.07) is 15.9. The number of carbonyl (C=O) groups excluding carboxylic acids is 2.